The molecule has 9 heteroatoms. The lowest BCUT2D eigenvalue weighted by Crippen LogP contribution is -2.45. The van der Waals surface area contributed by atoms with Gasteiger partial charge in [0.2, 0.25) is 5.91 Å². The first kappa shape index (κ1) is 26.2. The van der Waals surface area contributed by atoms with E-state index in [4.69, 9.17) is 0 Å². The number of rotatable bonds is 9. The van der Waals surface area contributed by atoms with Crippen molar-refractivity contribution >= 4 is 34.6 Å². The van der Waals surface area contributed by atoms with Crippen LogP contribution in [-0.4, -0.2) is 56.8 Å². The number of nitrogens with one attached hydrogen (secondary N) is 2. The first-order valence-corrected chi connectivity index (χ1v) is 13.2. The zero-order valence-electron chi connectivity index (χ0n) is 20.7. The van der Waals surface area contributed by atoms with Crippen LogP contribution < -0.4 is 16.2 Å². The summed E-state index contributed by atoms with van der Waals surface area (Å²) in [6.45, 7) is 9.72. The Morgan fingerprint density at radius 3 is 2.47 bits per heavy atom. The predicted molar refractivity (Wildman–Crippen MR) is 137 cm³/mol. The van der Waals surface area contributed by atoms with Crippen molar-refractivity contribution in [2.75, 3.05) is 12.3 Å². The number of hydrogen-bond acceptors (Lipinski definition) is 6. The first-order chi connectivity index (χ1) is 16.3. The molecular weight excluding hydrogens is 450 g/mol. The molecule has 2 N–H and O–H groups in total. The molecule has 34 heavy (non-hydrogen) atoms. The van der Waals surface area contributed by atoms with Crippen molar-refractivity contribution in [3.8, 4) is 0 Å². The maximum Gasteiger partial charge on any atom is 0.321 e. The SMILES string of the molecule is CC(C)N(CCn1c(SCC(=O)NC(=O)NC2CCCCC2)nc2ccccc2c1=O)C(C)C. The number of urea groups is 1. The van der Waals surface area contributed by atoms with Crippen molar-refractivity contribution in [3.05, 3.63) is 34.6 Å². The van der Waals surface area contributed by atoms with Crippen molar-refractivity contribution in [3.63, 3.8) is 0 Å². The number of para-hydroxylation sites is 1. The number of amides is 3. The summed E-state index contributed by atoms with van der Waals surface area (Å²) in [5, 5.41) is 6.35. The molecule has 3 rings (SSSR count). The van der Waals surface area contributed by atoms with E-state index in [1.807, 2.05) is 12.1 Å². The number of aromatic nitrogens is 2. The molecule has 1 aliphatic rings. The third-order valence-electron chi connectivity index (χ3n) is 6.26. The third kappa shape index (κ3) is 7.06. The maximum atomic E-state index is 13.3. The van der Waals surface area contributed by atoms with Crippen molar-refractivity contribution < 1.29 is 9.59 Å². The number of carbonyl (C=O) groups excluding carboxylic acids is 2. The second kappa shape index (κ2) is 12.4. The average Bonchev–Trinajstić information content (AvgIpc) is 2.79. The van der Waals surface area contributed by atoms with Gasteiger partial charge in [-0.2, -0.15) is 0 Å². The molecule has 0 aliphatic heterocycles. The van der Waals surface area contributed by atoms with E-state index < -0.39 is 11.9 Å². The largest absolute Gasteiger partial charge is 0.335 e. The van der Waals surface area contributed by atoms with Gasteiger partial charge in [-0.3, -0.25) is 24.4 Å². The fourth-order valence-corrected chi connectivity index (χ4v) is 5.37. The minimum Gasteiger partial charge on any atom is -0.335 e. The minimum atomic E-state index is -0.453. The molecule has 1 heterocycles. The van der Waals surface area contributed by atoms with E-state index in [2.05, 4.69) is 48.2 Å². The van der Waals surface area contributed by atoms with Crippen LogP contribution in [0.5, 0.6) is 0 Å². The second-order valence-corrected chi connectivity index (χ2v) is 10.4. The standard InChI is InChI=1S/C25H37N5O3S/c1-17(2)29(18(3)4)14-15-30-23(32)20-12-8-9-13-21(20)27-25(30)34-16-22(31)28-24(33)26-19-10-6-5-7-11-19/h8-9,12-13,17-19H,5-7,10-11,14-16H2,1-4H3,(H2,26,28,31,33). The molecular formula is C25H37N5O3S. The van der Waals surface area contributed by atoms with E-state index in [1.165, 1.54) is 18.2 Å². The van der Waals surface area contributed by atoms with Crippen molar-refractivity contribution in [2.24, 2.45) is 0 Å². The van der Waals surface area contributed by atoms with E-state index in [9.17, 15) is 14.4 Å². The van der Waals surface area contributed by atoms with Crippen LogP contribution >= 0.6 is 11.8 Å². The van der Waals surface area contributed by atoms with Gasteiger partial charge in [-0.1, -0.05) is 43.2 Å². The zero-order valence-corrected chi connectivity index (χ0v) is 21.5. The highest BCUT2D eigenvalue weighted by Crippen LogP contribution is 2.19. The van der Waals surface area contributed by atoms with Gasteiger partial charge >= 0.3 is 6.03 Å². The Labute approximate surface area is 205 Å². The van der Waals surface area contributed by atoms with E-state index in [0.717, 1.165) is 25.7 Å². The van der Waals surface area contributed by atoms with Gasteiger partial charge in [0.1, 0.15) is 0 Å². The monoisotopic (exact) mass is 487 g/mol. The highest BCUT2D eigenvalue weighted by molar-refractivity contribution is 7.99. The molecule has 0 spiro atoms. The lowest BCUT2D eigenvalue weighted by atomic mass is 9.96. The highest BCUT2D eigenvalue weighted by atomic mass is 32.2. The Bertz CT molecular complexity index is 1040. The first-order valence-electron chi connectivity index (χ1n) is 12.2. The smallest absolute Gasteiger partial charge is 0.321 e. The lowest BCUT2D eigenvalue weighted by molar-refractivity contribution is -0.117. The van der Waals surface area contributed by atoms with Crippen molar-refractivity contribution in [2.45, 2.75) is 89.6 Å². The number of nitrogens with zero attached hydrogens (tertiary/aromatic N) is 3. The summed E-state index contributed by atoms with van der Waals surface area (Å²) in [6.07, 6.45) is 5.30. The molecule has 0 radical (unpaired) electrons. The summed E-state index contributed by atoms with van der Waals surface area (Å²) in [5.41, 5.74) is 0.488. The molecule has 1 aromatic heterocycles. The molecule has 1 aliphatic carbocycles. The molecule has 2 aromatic rings. The second-order valence-electron chi connectivity index (χ2n) is 9.44. The molecule has 186 valence electrons. The number of thioether (sulfide) groups is 1. The van der Waals surface area contributed by atoms with Crippen LogP contribution in [0, 0.1) is 0 Å². The Kier molecular flexibility index (Phi) is 9.53. The number of imide groups is 1. The van der Waals surface area contributed by atoms with Crippen molar-refractivity contribution in [1.82, 2.24) is 25.1 Å². The van der Waals surface area contributed by atoms with Gasteiger partial charge in [-0.05, 0) is 52.7 Å². The summed E-state index contributed by atoms with van der Waals surface area (Å²) in [4.78, 5) is 44.9. The van der Waals surface area contributed by atoms with Gasteiger partial charge in [0.15, 0.2) is 5.16 Å². The van der Waals surface area contributed by atoms with Crippen LogP contribution in [0.3, 0.4) is 0 Å². The molecule has 1 fully saturated rings. The van der Waals surface area contributed by atoms with E-state index >= 15 is 0 Å². The molecule has 0 bridgehead atoms. The molecule has 0 atom stereocenters. The summed E-state index contributed by atoms with van der Waals surface area (Å²) >= 11 is 1.18. The van der Waals surface area contributed by atoms with E-state index in [0.29, 0.717) is 41.2 Å². The van der Waals surface area contributed by atoms with Crippen LogP contribution in [0.2, 0.25) is 0 Å². The Balaban J connectivity index is 1.71. The lowest BCUT2D eigenvalue weighted by Gasteiger charge is -2.30. The summed E-state index contributed by atoms with van der Waals surface area (Å²) in [6, 6.07) is 7.61. The van der Waals surface area contributed by atoms with E-state index in [-0.39, 0.29) is 17.4 Å². The molecule has 8 nitrogen and oxygen atoms in total. The summed E-state index contributed by atoms with van der Waals surface area (Å²) < 4.78 is 1.65. The van der Waals surface area contributed by atoms with Gasteiger partial charge in [0.05, 0.1) is 16.7 Å². The van der Waals surface area contributed by atoms with Gasteiger partial charge in [-0.25, -0.2) is 9.78 Å². The van der Waals surface area contributed by atoms with Crippen LogP contribution in [0.25, 0.3) is 10.9 Å². The number of hydrogen-bond donors (Lipinski definition) is 2. The zero-order chi connectivity index (χ0) is 24.7. The summed E-state index contributed by atoms with van der Waals surface area (Å²) in [5.74, 6) is -0.403. The Hall–Kier alpha value is -2.39. The minimum absolute atomic E-state index is 0.000935. The molecule has 1 aromatic carbocycles. The van der Waals surface area contributed by atoms with Gasteiger partial charge < -0.3 is 5.32 Å². The molecule has 0 unspecified atom stereocenters. The number of benzene rings is 1. The fraction of sp³-hybridized carbons (Fsp3) is 0.600. The topological polar surface area (TPSA) is 96.3 Å². The Morgan fingerprint density at radius 2 is 1.79 bits per heavy atom. The van der Waals surface area contributed by atoms with Crippen LogP contribution in [0.1, 0.15) is 59.8 Å². The Morgan fingerprint density at radius 1 is 1.12 bits per heavy atom. The van der Waals surface area contributed by atoms with Crippen molar-refractivity contribution in [1.29, 1.82) is 0 Å². The highest BCUT2D eigenvalue weighted by Gasteiger charge is 2.19. The van der Waals surface area contributed by atoms with Crippen LogP contribution in [0.4, 0.5) is 4.79 Å². The number of fused-ring (bicyclic) bond motifs is 1. The van der Waals surface area contributed by atoms with Crippen LogP contribution in [-0.2, 0) is 11.3 Å². The average molecular weight is 488 g/mol. The van der Waals surface area contributed by atoms with E-state index in [1.54, 1.807) is 16.7 Å². The van der Waals surface area contributed by atoms with Gasteiger partial charge in [-0.15, -0.1) is 0 Å². The molecule has 0 saturated heterocycles. The third-order valence-corrected chi connectivity index (χ3v) is 7.24. The van der Waals surface area contributed by atoms with Crippen LogP contribution in [0.15, 0.2) is 34.2 Å². The normalized spacial score (nSPS) is 14.8. The maximum absolute atomic E-state index is 13.3. The molecule has 3 amide bonds. The van der Waals surface area contributed by atoms with Gasteiger partial charge in [0, 0.05) is 31.2 Å². The quantitative estimate of drug-likeness (QED) is 0.413. The van der Waals surface area contributed by atoms with Gasteiger partial charge in [0.25, 0.3) is 5.56 Å². The summed E-state index contributed by atoms with van der Waals surface area (Å²) in [7, 11) is 0. The predicted octanol–water partition coefficient (Wildman–Crippen LogP) is 3.77. The fourth-order valence-electron chi connectivity index (χ4n) is 4.54. The molecule has 1 saturated carbocycles. The number of carbonyl (C=O) groups is 2.